The largest absolute Gasteiger partial charge is 0.379 e. The topological polar surface area (TPSA) is 186 Å². The quantitative estimate of drug-likeness (QED) is 0.203. The van der Waals surface area contributed by atoms with Crippen molar-refractivity contribution in [2.75, 3.05) is 28.0 Å². The lowest BCUT2D eigenvalue weighted by molar-refractivity contribution is -0.123. The van der Waals surface area contributed by atoms with E-state index in [-0.39, 0.29) is 46.9 Å². The molecule has 2 fully saturated rings. The molecule has 3 aromatic heterocycles. The van der Waals surface area contributed by atoms with Gasteiger partial charge in [-0.1, -0.05) is 11.6 Å². The third kappa shape index (κ3) is 7.83. The fourth-order valence-corrected chi connectivity index (χ4v) is 5.65. The molecule has 2 aliphatic rings. The summed E-state index contributed by atoms with van der Waals surface area (Å²) in [5, 5.41) is 17.7. The van der Waals surface area contributed by atoms with Crippen molar-refractivity contribution < 1.29 is 18.0 Å². The number of nitrogens with one attached hydrogen (secondary N) is 4. The minimum Gasteiger partial charge on any atom is -0.379 e. The molecule has 5 rings (SSSR count). The molecule has 0 radical (unpaired) electrons. The van der Waals surface area contributed by atoms with Crippen molar-refractivity contribution in [3.05, 3.63) is 41.4 Å². The zero-order valence-corrected chi connectivity index (χ0v) is 24.2. The third-order valence-electron chi connectivity index (χ3n) is 7.18. The monoisotopic (exact) mass is 603 g/mol. The van der Waals surface area contributed by atoms with Gasteiger partial charge in [0.25, 0.3) is 5.91 Å². The second kappa shape index (κ2) is 12.2. The van der Waals surface area contributed by atoms with Crippen molar-refractivity contribution in [3.63, 3.8) is 0 Å². The smallest absolute Gasteiger partial charge is 0.276 e. The molecule has 3 heterocycles. The Morgan fingerprint density at radius 1 is 1.07 bits per heavy atom. The predicted molar refractivity (Wildman–Crippen MR) is 157 cm³/mol. The summed E-state index contributed by atoms with van der Waals surface area (Å²) in [6, 6.07) is 4.72. The molecule has 2 saturated carbocycles. The van der Waals surface area contributed by atoms with E-state index in [0.717, 1.165) is 50.5 Å². The molecule has 220 valence electrons. The number of rotatable bonds is 11. The lowest BCUT2D eigenvalue weighted by Gasteiger charge is -2.30. The van der Waals surface area contributed by atoms with Gasteiger partial charge in [0.05, 0.1) is 23.7 Å². The van der Waals surface area contributed by atoms with Crippen LogP contribution in [0.5, 0.6) is 0 Å². The summed E-state index contributed by atoms with van der Waals surface area (Å²) in [5.74, 6) is -0.221. The molecule has 15 heteroatoms. The molecule has 0 aliphatic heterocycles. The van der Waals surface area contributed by atoms with Crippen LogP contribution < -0.4 is 27.0 Å². The molecule has 3 aromatic rings. The molecule has 0 saturated heterocycles. The highest BCUT2D eigenvalue weighted by Crippen LogP contribution is 2.30. The summed E-state index contributed by atoms with van der Waals surface area (Å²) < 4.78 is 24.3. The van der Waals surface area contributed by atoms with Crippen LogP contribution in [0.3, 0.4) is 0 Å². The molecular weight excluding hydrogens is 570 g/mol. The fraction of sp³-hybridized carbons (Fsp3) is 0.500. The number of pyridine rings is 1. The van der Waals surface area contributed by atoms with Gasteiger partial charge in [-0.15, -0.1) is 5.10 Å². The van der Waals surface area contributed by atoms with Crippen LogP contribution >= 0.6 is 11.6 Å². The van der Waals surface area contributed by atoms with Gasteiger partial charge < -0.3 is 27.0 Å². The second-order valence-electron chi connectivity index (χ2n) is 10.8. The number of nitrogens with zero attached hydrogens (tertiary/aromatic N) is 4. The number of nitrogens with two attached hydrogens (primary N) is 1. The van der Waals surface area contributed by atoms with Crippen LogP contribution in [0.1, 0.15) is 55.4 Å². The van der Waals surface area contributed by atoms with Crippen molar-refractivity contribution in [2.45, 2.75) is 69.1 Å². The van der Waals surface area contributed by atoms with Crippen molar-refractivity contribution in [1.82, 2.24) is 24.9 Å². The lowest BCUT2D eigenvalue weighted by Crippen LogP contribution is -2.47. The van der Waals surface area contributed by atoms with Crippen LogP contribution in [0.25, 0.3) is 5.65 Å². The summed E-state index contributed by atoms with van der Waals surface area (Å²) in [5.41, 5.74) is 8.02. The number of carbonyl (C=O) groups excluding carboxylic acids is 2. The Kier molecular flexibility index (Phi) is 8.61. The van der Waals surface area contributed by atoms with Crippen LogP contribution in [0.15, 0.2) is 30.6 Å². The summed E-state index contributed by atoms with van der Waals surface area (Å²) in [7, 11) is -3.18. The Labute approximate surface area is 242 Å². The molecule has 2 amide bonds. The summed E-state index contributed by atoms with van der Waals surface area (Å²) in [4.78, 5) is 34.0. The van der Waals surface area contributed by atoms with E-state index in [9.17, 15) is 18.0 Å². The van der Waals surface area contributed by atoms with Gasteiger partial charge in [0.2, 0.25) is 5.91 Å². The molecule has 0 bridgehead atoms. The molecule has 2 aliphatic carbocycles. The van der Waals surface area contributed by atoms with E-state index in [1.807, 2.05) is 6.07 Å². The number of fused-ring (bicyclic) bond motifs is 1. The number of aromatic nitrogens is 4. The molecular formula is C26H34ClN9O4S. The highest BCUT2D eigenvalue weighted by Gasteiger charge is 2.27. The zero-order valence-electron chi connectivity index (χ0n) is 22.6. The van der Waals surface area contributed by atoms with E-state index >= 15 is 0 Å². The summed E-state index contributed by atoms with van der Waals surface area (Å²) >= 11 is 5.96. The van der Waals surface area contributed by atoms with Crippen LogP contribution in [-0.2, 0) is 14.6 Å². The van der Waals surface area contributed by atoms with Crippen LogP contribution in [0.2, 0.25) is 5.15 Å². The van der Waals surface area contributed by atoms with Gasteiger partial charge in [-0.2, -0.15) is 0 Å². The number of anilines is 3. The Morgan fingerprint density at radius 2 is 1.76 bits per heavy atom. The number of carbonyl (C=O) groups is 2. The first kappa shape index (κ1) is 29.0. The molecule has 0 spiro atoms. The van der Waals surface area contributed by atoms with Crippen molar-refractivity contribution in [3.8, 4) is 0 Å². The number of sulfone groups is 1. The summed E-state index contributed by atoms with van der Waals surface area (Å²) in [6.45, 7) is 0. The maximum absolute atomic E-state index is 13.1. The minimum absolute atomic E-state index is 0.0296. The summed E-state index contributed by atoms with van der Waals surface area (Å²) in [6.07, 6.45) is 9.43. The first-order valence-electron chi connectivity index (χ1n) is 13.6. The van der Waals surface area contributed by atoms with E-state index in [1.54, 1.807) is 12.1 Å². The minimum atomic E-state index is -3.18. The third-order valence-corrected chi connectivity index (χ3v) is 8.37. The number of imidazole rings is 1. The molecule has 0 aromatic carbocycles. The molecule has 1 atom stereocenters. The maximum atomic E-state index is 13.1. The van der Waals surface area contributed by atoms with Crippen molar-refractivity contribution in [2.24, 2.45) is 5.73 Å². The number of amides is 2. The molecule has 6 N–H and O–H groups in total. The molecule has 41 heavy (non-hydrogen) atoms. The molecule has 0 unspecified atom stereocenters. The SMILES string of the molecule is CS(=O)(=O)CC[C@H](N)C(=O)N[C@H]1CC[C@H](Nc2cc(NC3CC3)c3ncc(C(=O)Nc4ccnc(Cl)c4)n3n2)CC1. The number of halogens is 1. The average molecular weight is 604 g/mol. The maximum Gasteiger partial charge on any atom is 0.276 e. The van der Waals surface area contributed by atoms with Gasteiger partial charge in [-0.3, -0.25) is 9.59 Å². The lowest BCUT2D eigenvalue weighted by atomic mass is 9.91. The van der Waals surface area contributed by atoms with E-state index in [2.05, 4.69) is 31.2 Å². The van der Waals surface area contributed by atoms with E-state index in [1.165, 1.54) is 16.9 Å². The first-order chi connectivity index (χ1) is 19.5. The second-order valence-corrected chi connectivity index (χ2v) is 13.4. The van der Waals surface area contributed by atoms with Gasteiger partial charge in [-0.25, -0.2) is 22.9 Å². The Morgan fingerprint density at radius 3 is 2.44 bits per heavy atom. The normalized spacial score (nSPS) is 19.9. The van der Waals surface area contributed by atoms with E-state index in [4.69, 9.17) is 22.4 Å². The number of hydrogen-bond donors (Lipinski definition) is 5. The first-order valence-corrected chi connectivity index (χ1v) is 16.1. The Bertz CT molecular complexity index is 1530. The zero-order chi connectivity index (χ0) is 29.1. The Balaban J connectivity index is 1.24. The van der Waals surface area contributed by atoms with Crippen LogP contribution in [0, 0.1) is 0 Å². The van der Waals surface area contributed by atoms with E-state index in [0.29, 0.717) is 23.2 Å². The number of hydrogen-bond acceptors (Lipinski definition) is 10. The van der Waals surface area contributed by atoms with Gasteiger partial charge in [0, 0.05) is 42.3 Å². The predicted octanol–water partition coefficient (Wildman–Crippen LogP) is 2.21. The van der Waals surface area contributed by atoms with Crippen LogP contribution in [-0.4, -0.2) is 76.0 Å². The van der Waals surface area contributed by atoms with Crippen LogP contribution in [0.4, 0.5) is 17.2 Å². The van der Waals surface area contributed by atoms with Crippen molar-refractivity contribution in [1.29, 1.82) is 0 Å². The standard InChI is InChI=1S/C26H34ClN9O4S/c1-41(39,40)11-9-19(28)25(37)33-17-6-4-16(5-7-17)32-23-13-20(31-15-2-3-15)24-30-14-21(36(24)35-23)26(38)34-18-8-10-29-22(27)12-18/h8,10,12-17,19,31H,2-7,9,11,28H2,1H3,(H,32,35)(H,33,37)(H,29,34,38)/t16-,17-,19-/m0/s1. The Hall–Kier alpha value is -3.49. The van der Waals surface area contributed by atoms with Gasteiger partial charge in [-0.05, 0) is 57.1 Å². The molecule has 13 nitrogen and oxygen atoms in total. The van der Waals surface area contributed by atoms with Crippen molar-refractivity contribution >= 4 is 56.1 Å². The van der Waals surface area contributed by atoms with Gasteiger partial charge in [0.1, 0.15) is 20.8 Å². The average Bonchev–Trinajstić information content (AvgIpc) is 3.63. The van der Waals surface area contributed by atoms with Gasteiger partial charge >= 0.3 is 0 Å². The fourth-order valence-electron chi connectivity index (χ4n) is 4.79. The van der Waals surface area contributed by atoms with Gasteiger partial charge in [0.15, 0.2) is 11.3 Å². The highest BCUT2D eigenvalue weighted by atomic mass is 35.5. The van der Waals surface area contributed by atoms with E-state index < -0.39 is 15.9 Å². The highest BCUT2D eigenvalue weighted by molar-refractivity contribution is 7.90.